The van der Waals surface area contributed by atoms with E-state index in [2.05, 4.69) is 34.7 Å². The van der Waals surface area contributed by atoms with E-state index in [-0.39, 0.29) is 0 Å². The van der Waals surface area contributed by atoms with E-state index in [9.17, 15) is 0 Å². The van der Waals surface area contributed by atoms with Crippen LogP contribution in [0.1, 0.15) is 37.1 Å². The normalized spacial score (nSPS) is 16.9. The summed E-state index contributed by atoms with van der Waals surface area (Å²) in [5, 5.41) is 5.79. The second-order valence-corrected chi connectivity index (χ2v) is 4.94. The molecule has 1 aromatic rings. The molecule has 1 aromatic heterocycles. The molecule has 0 radical (unpaired) electrons. The van der Waals surface area contributed by atoms with Crippen molar-refractivity contribution in [2.45, 2.75) is 32.2 Å². The Morgan fingerprint density at radius 1 is 1.60 bits per heavy atom. The molecular weight excluding hydrogens is 202 g/mol. The zero-order valence-electron chi connectivity index (χ0n) is 9.12. The molecule has 1 fully saturated rings. The van der Waals surface area contributed by atoms with Gasteiger partial charge in [-0.05, 0) is 37.1 Å². The monoisotopic (exact) mass is 219 g/mol. The van der Waals surface area contributed by atoms with Gasteiger partial charge in [0.05, 0.1) is 0 Å². The number of rotatable bonds is 5. The standard InChI is InChI=1S/C13H17NS/c1-2-3-4-9-14-13(11-7-8-11)12-6-5-10-15-12/h5-6,10-11,13-14H,4,7-9H2,1H3. The van der Waals surface area contributed by atoms with Crippen molar-refractivity contribution in [3.05, 3.63) is 22.4 Å². The van der Waals surface area contributed by atoms with Gasteiger partial charge in [0.15, 0.2) is 0 Å². The van der Waals surface area contributed by atoms with Gasteiger partial charge in [-0.15, -0.1) is 23.2 Å². The minimum Gasteiger partial charge on any atom is -0.308 e. The lowest BCUT2D eigenvalue weighted by molar-refractivity contribution is 0.495. The third-order valence-electron chi connectivity index (χ3n) is 2.73. The smallest absolute Gasteiger partial charge is 0.0443 e. The lowest BCUT2D eigenvalue weighted by Crippen LogP contribution is -2.23. The molecule has 1 saturated carbocycles. The van der Waals surface area contributed by atoms with Gasteiger partial charge < -0.3 is 5.32 Å². The molecule has 1 nitrogen and oxygen atoms in total. The van der Waals surface area contributed by atoms with Crippen LogP contribution in [0.15, 0.2) is 17.5 Å². The highest BCUT2D eigenvalue weighted by Crippen LogP contribution is 2.42. The van der Waals surface area contributed by atoms with Gasteiger partial charge in [-0.3, -0.25) is 0 Å². The second-order valence-electron chi connectivity index (χ2n) is 3.96. The van der Waals surface area contributed by atoms with Crippen LogP contribution in [-0.4, -0.2) is 6.54 Å². The lowest BCUT2D eigenvalue weighted by atomic mass is 10.1. The van der Waals surface area contributed by atoms with Crippen LogP contribution in [0.2, 0.25) is 0 Å². The van der Waals surface area contributed by atoms with Crippen LogP contribution >= 0.6 is 11.3 Å². The first-order valence-corrected chi connectivity index (χ1v) is 6.46. The molecule has 0 saturated heterocycles. The molecule has 0 aromatic carbocycles. The van der Waals surface area contributed by atoms with Gasteiger partial charge in [-0.2, -0.15) is 0 Å². The molecule has 1 aliphatic rings. The van der Waals surface area contributed by atoms with E-state index in [4.69, 9.17) is 0 Å². The topological polar surface area (TPSA) is 12.0 Å². The minimum absolute atomic E-state index is 0.587. The zero-order chi connectivity index (χ0) is 10.5. The highest BCUT2D eigenvalue weighted by Gasteiger charge is 2.32. The van der Waals surface area contributed by atoms with Gasteiger partial charge in [0.25, 0.3) is 0 Å². The molecule has 80 valence electrons. The molecular formula is C13H17NS. The third kappa shape index (κ3) is 3.09. The van der Waals surface area contributed by atoms with E-state index in [1.54, 1.807) is 0 Å². The predicted octanol–water partition coefficient (Wildman–Crippen LogP) is 3.20. The van der Waals surface area contributed by atoms with Crippen LogP contribution in [0.3, 0.4) is 0 Å². The summed E-state index contributed by atoms with van der Waals surface area (Å²) in [6.45, 7) is 2.91. The Labute approximate surface area is 95.9 Å². The molecule has 0 spiro atoms. The van der Waals surface area contributed by atoms with Crippen LogP contribution in [0, 0.1) is 17.8 Å². The maximum Gasteiger partial charge on any atom is 0.0443 e. The van der Waals surface area contributed by atoms with E-state index in [0.717, 1.165) is 18.9 Å². The van der Waals surface area contributed by atoms with Gasteiger partial charge >= 0.3 is 0 Å². The maximum atomic E-state index is 3.63. The Morgan fingerprint density at radius 2 is 2.47 bits per heavy atom. The van der Waals surface area contributed by atoms with Gasteiger partial charge in [-0.1, -0.05) is 6.07 Å². The molecule has 2 heteroatoms. The molecule has 1 heterocycles. The third-order valence-corrected chi connectivity index (χ3v) is 3.69. The summed E-state index contributed by atoms with van der Waals surface area (Å²) in [6.07, 6.45) is 3.73. The first-order valence-electron chi connectivity index (χ1n) is 5.58. The van der Waals surface area contributed by atoms with E-state index in [1.807, 2.05) is 18.3 Å². The molecule has 1 N–H and O–H groups in total. The Balaban J connectivity index is 1.86. The van der Waals surface area contributed by atoms with E-state index in [0.29, 0.717) is 6.04 Å². The minimum atomic E-state index is 0.587. The fraction of sp³-hybridized carbons (Fsp3) is 0.538. The van der Waals surface area contributed by atoms with E-state index < -0.39 is 0 Å². The van der Waals surface area contributed by atoms with Gasteiger partial charge in [0.2, 0.25) is 0 Å². The number of hydrogen-bond acceptors (Lipinski definition) is 2. The predicted molar refractivity (Wildman–Crippen MR) is 65.9 cm³/mol. The molecule has 1 unspecified atom stereocenters. The Bertz CT molecular complexity index is 340. The van der Waals surface area contributed by atoms with Gasteiger partial charge in [-0.25, -0.2) is 0 Å². The molecule has 2 rings (SSSR count). The van der Waals surface area contributed by atoms with Gasteiger partial charge in [0.1, 0.15) is 0 Å². The van der Waals surface area contributed by atoms with Crippen molar-refractivity contribution in [1.82, 2.24) is 5.32 Å². The lowest BCUT2D eigenvalue weighted by Gasteiger charge is -2.15. The summed E-state index contributed by atoms with van der Waals surface area (Å²) < 4.78 is 0. The summed E-state index contributed by atoms with van der Waals surface area (Å²) in [4.78, 5) is 1.49. The Kier molecular flexibility index (Phi) is 3.82. The highest BCUT2D eigenvalue weighted by atomic mass is 32.1. The molecule has 15 heavy (non-hydrogen) atoms. The molecule has 0 bridgehead atoms. The second kappa shape index (κ2) is 5.34. The fourth-order valence-corrected chi connectivity index (χ4v) is 2.71. The van der Waals surface area contributed by atoms with Crippen molar-refractivity contribution in [2.24, 2.45) is 5.92 Å². The molecule has 1 aliphatic carbocycles. The van der Waals surface area contributed by atoms with E-state index in [1.165, 1.54) is 17.7 Å². The van der Waals surface area contributed by atoms with Crippen molar-refractivity contribution < 1.29 is 0 Å². The van der Waals surface area contributed by atoms with Gasteiger partial charge in [0, 0.05) is 23.9 Å². The quantitative estimate of drug-likeness (QED) is 0.592. The van der Waals surface area contributed by atoms with Crippen LogP contribution in [0.5, 0.6) is 0 Å². The van der Waals surface area contributed by atoms with Crippen LogP contribution in [-0.2, 0) is 0 Å². The largest absolute Gasteiger partial charge is 0.308 e. The number of nitrogens with one attached hydrogen (secondary N) is 1. The molecule has 0 amide bonds. The average Bonchev–Trinajstić information content (AvgIpc) is 2.93. The first kappa shape index (κ1) is 10.7. The van der Waals surface area contributed by atoms with Crippen molar-refractivity contribution >= 4 is 11.3 Å². The summed E-state index contributed by atoms with van der Waals surface area (Å²) in [5.74, 6) is 6.91. The number of hydrogen-bond donors (Lipinski definition) is 1. The Morgan fingerprint density at radius 3 is 3.07 bits per heavy atom. The van der Waals surface area contributed by atoms with Crippen LogP contribution in [0.4, 0.5) is 0 Å². The summed E-state index contributed by atoms with van der Waals surface area (Å²) in [5.41, 5.74) is 0. The van der Waals surface area contributed by atoms with Crippen LogP contribution in [0.25, 0.3) is 0 Å². The fourth-order valence-electron chi connectivity index (χ4n) is 1.81. The van der Waals surface area contributed by atoms with Crippen molar-refractivity contribution in [1.29, 1.82) is 0 Å². The van der Waals surface area contributed by atoms with Crippen molar-refractivity contribution in [3.63, 3.8) is 0 Å². The summed E-state index contributed by atoms with van der Waals surface area (Å²) in [7, 11) is 0. The Hall–Kier alpha value is -0.780. The molecule has 1 atom stereocenters. The van der Waals surface area contributed by atoms with Crippen molar-refractivity contribution in [2.75, 3.05) is 6.54 Å². The maximum absolute atomic E-state index is 3.63. The first-order chi connectivity index (χ1) is 7.42. The highest BCUT2D eigenvalue weighted by molar-refractivity contribution is 7.10. The summed E-state index contributed by atoms with van der Waals surface area (Å²) >= 11 is 1.86. The van der Waals surface area contributed by atoms with Crippen LogP contribution < -0.4 is 5.32 Å². The zero-order valence-corrected chi connectivity index (χ0v) is 9.94. The van der Waals surface area contributed by atoms with E-state index >= 15 is 0 Å². The average molecular weight is 219 g/mol. The summed E-state index contributed by atoms with van der Waals surface area (Å²) in [6, 6.07) is 4.97. The number of thiophene rings is 1. The SMILES string of the molecule is CC#CCCNC(c1cccs1)C1CC1. The molecule has 0 aliphatic heterocycles. The van der Waals surface area contributed by atoms with Crippen molar-refractivity contribution in [3.8, 4) is 11.8 Å².